The minimum atomic E-state index is 0.0814. The lowest BCUT2D eigenvalue weighted by molar-refractivity contribution is 0.0782. The Morgan fingerprint density at radius 2 is 2.29 bits per heavy atom. The van der Waals surface area contributed by atoms with Crippen molar-refractivity contribution in [3.8, 4) is 0 Å². The van der Waals surface area contributed by atoms with Crippen LogP contribution >= 0.6 is 15.9 Å². The fourth-order valence-electron chi connectivity index (χ4n) is 1.71. The van der Waals surface area contributed by atoms with E-state index in [0.29, 0.717) is 19.6 Å². The number of amides is 1. The van der Waals surface area contributed by atoms with Crippen molar-refractivity contribution in [3.63, 3.8) is 0 Å². The highest BCUT2D eigenvalue weighted by atomic mass is 79.9. The highest BCUT2D eigenvalue weighted by Gasteiger charge is 2.28. The minimum Gasteiger partial charge on any atom is -0.333 e. The zero-order chi connectivity index (χ0) is 10.1. The van der Waals surface area contributed by atoms with Gasteiger partial charge in [0.25, 0.3) is 5.91 Å². The molecule has 14 heavy (non-hydrogen) atoms. The second-order valence-electron chi connectivity index (χ2n) is 3.29. The Morgan fingerprint density at radius 1 is 1.50 bits per heavy atom. The van der Waals surface area contributed by atoms with Gasteiger partial charge >= 0.3 is 0 Å². The van der Waals surface area contributed by atoms with Crippen molar-refractivity contribution < 1.29 is 4.79 Å². The van der Waals surface area contributed by atoms with Crippen molar-refractivity contribution in [2.45, 2.75) is 6.54 Å². The molecule has 0 bridgehead atoms. The number of carbonyl (C=O) groups is 1. The van der Waals surface area contributed by atoms with Gasteiger partial charge in [0.1, 0.15) is 0 Å². The van der Waals surface area contributed by atoms with Crippen LogP contribution in [-0.4, -0.2) is 23.9 Å². The highest BCUT2D eigenvalue weighted by molar-refractivity contribution is 9.10. The van der Waals surface area contributed by atoms with E-state index >= 15 is 0 Å². The average Bonchev–Trinajstić information content (AvgIpc) is 2.46. The molecule has 0 spiro atoms. The molecular formula is C10H11BrN2O. The molecule has 4 heteroatoms. The normalized spacial score (nSPS) is 14.7. The van der Waals surface area contributed by atoms with Crippen molar-refractivity contribution in [2.24, 2.45) is 5.73 Å². The van der Waals surface area contributed by atoms with Crippen LogP contribution in [0.15, 0.2) is 22.7 Å². The standard InChI is InChI=1S/C10H11BrN2O/c11-8-3-1-2-7-6-13(5-4-12)10(14)9(7)8/h1-3H,4-6,12H2. The summed E-state index contributed by atoms with van der Waals surface area (Å²) < 4.78 is 0.875. The maximum absolute atomic E-state index is 11.8. The number of hydrogen-bond donors (Lipinski definition) is 1. The van der Waals surface area contributed by atoms with Gasteiger partial charge in [-0.15, -0.1) is 0 Å². The van der Waals surface area contributed by atoms with E-state index in [9.17, 15) is 4.79 Å². The van der Waals surface area contributed by atoms with Crippen molar-refractivity contribution in [3.05, 3.63) is 33.8 Å². The van der Waals surface area contributed by atoms with Gasteiger partial charge in [0.2, 0.25) is 0 Å². The fourth-order valence-corrected chi connectivity index (χ4v) is 2.29. The predicted octanol–water partition coefficient (Wildman–Crippen LogP) is 1.36. The van der Waals surface area contributed by atoms with Crippen LogP contribution in [0.2, 0.25) is 0 Å². The Balaban J connectivity index is 2.36. The van der Waals surface area contributed by atoms with Crippen LogP contribution in [0, 0.1) is 0 Å². The van der Waals surface area contributed by atoms with Gasteiger partial charge in [-0.05, 0) is 27.6 Å². The molecule has 1 aliphatic heterocycles. The molecule has 2 N–H and O–H groups in total. The molecule has 1 amide bonds. The molecule has 1 aromatic rings. The summed E-state index contributed by atoms with van der Waals surface area (Å²) in [5.41, 5.74) is 7.31. The fraction of sp³-hybridized carbons (Fsp3) is 0.300. The second kappa shape index (κ2) is 3.71. The molecule has 0 saturated heterocycles. The summed E-state index contributed by atoms with van der Waals surface area (Å²) in [6.45, 7) is 1.82. The molecule has 3 nitrogen and oxygen atoms in total. The minimum absolute atomic E-state index is 0.0814. The van der Waals surface area contributed by atoms with Crippen LogP contribution in [0.25, 0.3) is 0 Å². The van der Waals surface area contributed by atoms with Crippen LogP contribution in [0.4, 0.5) is 0 Å². The SMILES string of the molecule is NCCN1Cc2cccc(Br)c2C1=O. The average molecular weight is 255 g/mol. The lowest BCUT2D eigenvalue weighted by atomic mass is 10.1. The molecule has 1 aliphatic rings. The van der Waals surface area contributed by atoms with Gasteiger partial charge in [-0.2, -0.15) is 0 Å². The Bertz CT molecular complexity index is 378. The molecule has 0 fully saturated rings. The number of nitrogens with two attached hydrogens (primary N) is 1. The van der Waals surface area contributed by atoms with Crippen LogP contribution in [0.1, 0.15) is 15.9 Å². The summed E-state index contributed by atoms with van der Waals surface area (Å²) in [6.07, 6.45) is 0. The summed E-state index contributed by atoms with van der Waals surface area (Å²) in [5, 5.41) is 0. The van der Waals surface area contributed by atoms with E-state index in [4.69, 9.17) is 5.73 Å². The number of carbonyl (C=O) groups excluding carboxylic acids is 1. The summed E-state index contributed by atoms with van der Waals surface area (Å²) in [5.74, 6) is 0.0814. The van der Waals surface area contributed by atoms with Gasteiger partial charge in [0.05, 0.1) is 5.56 Å². The van der Waals surface area contributed by atoms with Gasteiger partial charge < -0.3 is 10.6 Å². The van der Waals surface area contributed by atoms with Gasteiger partial charge in [0.15, 0.2) is 0 Å². The van der Waals surface area contributed by atoms with Crippen molar-refractivity contribution in [2.75, 3.05) is 13.1 Å². The number of rotatable bonds is 2. The van der Waals surface area contributed by atoms with Crippen LogP contribution in [-0.2, 0) is 6.54 Å². The third-order valence-electron chi connectivity index (χ3n) is 2.36. The maximum Gasteiger partial charge on any atom is 0.255 e. The monoisotopic (exact) mass is 254 g/mol. The van der Waals surface area contributed by atoms with E-state index in [1.807, 2.05) is 18.2 Å². The second-order valence-corrected chi connectivity index (χ2v) is 4.14. The number of benzene rings is 1. The van der Waals surface area contributed by atoms with Gasteiger partial charge in [-0.3, -0.25) is 4.79 Å². The zero-order valence-electron chi connectivity index (χ0n) is 7.66. The quantitative estimate of drug-likeness (QED) is 0.867. The van der Waals surface area contributed by atoms with Gasteiger partial charge in [-0.25, -0.2) is 0 Å². The van der Waals surface area contributed by atoms with E-state index in [1.54, 1.807) is 4.90 Å². The van der Waals surface area contributed by atoms with Crippen LogP contribution in [0.3, 0.4) is 0 Å². The van der Waals surface area contributed by atoms with Gasteiger partial charge in [-0.1, -0.05) is 12.1 Å². The molecule has 0 unspecified atom stereocenters. The summed E-state index contributed by atoms with van der Waals surface area (Å²) in [6, 6.07) is 5.82. The Kier molecular flexibility index (Phi) is 2.56. The third kappa shape index (κ3) is 1.44. The Morgan fingerprint density at radius 3 is 2.93 bits per heavy atom. The molecule has 0 aliphatic carbocycles. The Hall–Kier alpha value is -0.870. The van der Waals surface area contributed by atoms with E-state index in [-0.39, 0.29) is 5.91 Å². The highest BCUT2D eigenvalue weighted by Crippen LogP contribution is 2.28. The molecule has 1 heterocycles. The lowest BCUT2D eigenvalue weighted by Gasteiger charge is -2.13. The molecule has 0 radical (unpaired) electrons. The molecule has 74 valence electrons. The number of hydrogen-bond acceptors (Lipinski definition) is 2. The van der Waals surface area contributed by atoms with Crippen molar-refractivity contribution in [1.29, 1.82) is 0 Å². The molecule has 1 aromatic carbocycles. The molecule has 0 saturated carbocycles. The maximum atomic E-state index is 11.8. The number of nitrogens with zero attached hydrogens (tertiary/aromatic N) is 1. The van der Waals surface area contributed by atoms with E-state index in [2.05, 4.69) is 15.9 Å². The molecule has 0 atom stereocenters. The third-order valence-corrected chi connectivity index (χ3v) is 3.02. The number of halogens is 1. The first-order valence-electron chi connectivity index (χ1n) is 4.50. The predicted molar refractivity (Wildman–Crippen MR) is 57.9 cm³/mol. The largest absolute Gasteiger partial charge is 0.333 e. The summed E-state index contributed by atoms with van der Waals surface area (Å²) in [4.78, 5) is 13.6. The summed E-state index contributed by atoms with van der Waals surface area (Å²) in [7, 11) is 0. The van der Waals surface area contributed by atoms with E-state index < -0.39 is 0 Å². The van der Waals surface area contributed by atoms with Crippen LogP contribution in [0.5, 0.6) is 0 Å². The first kappa shape index (κ1) is 9.68. The van der Waals surface area contributed by atoms with Crippen molar-refractivity contribution >= 4 is 21.8 Å². The number of fused-ring (bicyclic) bond motifs is 1. The first-order valence-corrected chi connectivity index (χ1v) is 5.30. The smallest absolute Gasteiger partial charge is 0.255 e. The van der Waals surface area contributed by atoms with Crippen LogP contribution < -0.4 is 5.73 Å². The zero-order valence-corrected chi connectivity index (χ0v) is 9.25. The molecule has 2 rings (SSSR count). The first-order chi connectivity index (χ1) is 6.74. The molecular weight excluding hydrogens is 244 g/mol. The van der Waals surface area contributed by atoms with Gasteiger partial charge in [0, 0.05) is 24.1 Å². The lowest BCUT2D eigenvalue weighted by Crippen LogP contribution is -2.29. The summed E-state index contributed by atoms with van der Waals surface area (Å²) >= 11 is 3.39. The van der Waals surface area contributed by atoms with E-state index in [1.165, 1.54) is 0 Å². The van der Waals surface area contributed by atoms with Crippen molar-refractivity contribution in [1.82, 2.24) is 4.90 Å². The topological polar surface area (TPSA) is 46.3 Å². The van der Waals surface area contributed by atoms with E-state index in [0.717, 1.165) is 15.6 Å². The Labute approximate surface area is 91.0 Å². The molecule has 0 aromatic heterocycles.